The molecule has 1 N–H and O–H groups in total. The third kappa shape index (κ3) is 5.53. The number of rotatable bonds is 7. The number of nitrogens with zero attached hydrogens (tertiary/aromatic N) is 1. The van der Waals surface area contributed by atoms with E-state index in [0.29, 0.717) is 6.42 Å². The predicted octanol–water partition coefficient (Wildman–Crippen LogP) is 2.71. The van der Waals surface area contributed by atoms with Gasteiger partial charge in [-0.1, -0.05) is 36.4 Å². The molecule has 0 aliphatic carbocycles. The lowest BCUT2D eigenvalue weighted by molar-refractivity contribution is -0.384. The van der Waals surface area contributed by atoms with Crippen LogP contribution in [0.3, 0.4) is 0 Å². The summed E-state index contributed by atoms with van der Waals surface area (Å²) in [5.74, 6) is -1.03. The average Bonchev–Trinajstić information content (AvgIpc) is 2.59. The summed E-state index contributed by atoms with van der Waals surface area (Å²) in [7, 11) is 0. The maximum absolute atomic E-state index is 11.7. The second-order valence-electron chi connectivity index (χ2n) is 5.00. The monoisotopic (exact) mass is 328 g/mol. The minimum atomic E-state index is -0.556. The normalized spacial score (nSPS) is 10.0. The summed E-state index contributed by atoms with van der Waals surface area (Å²) in [6.45, 7) is -0.434. The molecule has 0 aromatic heterocycles. The molecule has 0 bridgehead atoms. The van der Waals surface area contributed by atoms with Crippen molar-refractivity contribution in [2.75, 3.05) is 11.9 Å². The number of amides is 1. The molecule has 0 aliphatic heterocycles. The second-order valence-corrected chi connectivity index (χ2v) is 5.00. The van der Waals surface area contributed by atoms with Crippen molar-refractivity contribution in [2.24, 2.45) is 0 Å². The molecular weight excluding hydrogens is 312 g/mol. The number of benzene rings is 2. The van der Waals surface area contributed by atoms with Crippen molar-refractivity contribution >= 4 is 23.3 Å². The van der Waals surface area contributed by atoms with Crippen molar-refractivity contribution in [1.29, 1.82) is 0 Å². The van der Waals surface area contributed by atoms with Crippen molar-refractivity contribution < 1.29 is 19.2 Å². The SMILES string of the molecule is O=C(COC(=O)CCc1ccccc1)Nc1cccc([N+](=O)[O-])c1. The fourth-order valence-corrected chi connectivity index (χ4v) is 2.00. The Balaban J connectivity index is 1.75. The summed E-state index contributed by atoms with van der Waals surface area (Å²) in [6, 6.07) is 15.0. The molecule has 2 aromatic carbocycles. The van der Waals surface area contributed by atoms with E-state index in [1.807, 2.05) is 30.3 Å². The number of esters is 1. The van der Waals surface area contributed by atoms with Gasteiger partial charge in [0, 0.05) is 24.2 Å². The first-order chi connectivity index (χ1) is 11.5. The van der Waals surface area contributed by atoms with Crippen LogP contribution < -0.4 is 5.32 Å². The summed E-state index contributed by atoms with van der Waals surface area (Å²) >= 11 is 0. The lowest BCUT2D eigenvalue weighted by Crippen LogP contribution is -2.21. The minimum Gasteiger partial charge on any atom is -0.456 e. The second kappa shape index (κ2) is 8.42. The maximum Gasteiger partial charge on any atom is 0.306 e. The van der Waals surface area contributed by atoms with E-state index in [2.05, 4.69) is 5.32 Å². The smallest absolute Gasteiger partial charge is 0.306 e. The van der Waals surface area contributed by atoms with Crippen LogP contribution in [0.4, 0.5) is 11.4 Å². The summed E-state index contributed by atoms with van der Waals surface area (Å²) in [4.78, 5) is 33.4. The molecule has 1 amide bonds. The Kier molecular flexibility index (Phi) is 6.01. The van der Waals surface area contributed by atoms with Gasteiger partial charge >= 0.3 is 5.97 Å². The molecule has 24 heavy (non-hydrogen) atoms. The molecule has 0 aliphatic rings. The quantitative estimate of drug-likeness (QED) is 0.478. The van der Waals surface area contributed by atoms with Gasteiger partial charge in [0.25, 0.3) is 11.6 Å². The van der Waals surface area contributed by atoms with Gasteiger partial charge in [-0.05, 0) is 18.1 Å². The van der Waals surface area contributed by atoms with Gasteiger partial charge in [0.05, 0.1) is 4.92 Å². The van der Waals surface area contributed by atoms with Gasteiger partial charge in [-0.3, -0.25) is 19.7 Å². The van der Waals surface area contributed by atoms with E-state index >= 15 is 0 Å². The van der Waals surface area contributed by atoms with E-state index in [9.17, 15) is 19.7 Å². The van der Waals surface area contributed by atoms with Crippen LogP contribution in [0.5, 0.6) is 0 Å². The van der Waals surface area contributed by atoms with E-state index in [1.54, 1.807) is 0 Å². The zero-order valence-corrected chi connectivity index (χ0v) is 12.8. The van der Waals surface area contributed by atoms with E-state index in [-0.39, 0.29) is 17.8 Å². The number of hydrogen-bond donors (Lipinski definition) is 1. The fourth-order valence-electron chi connectivity index (χ4n) is 2.00. The van der Waals surface area contributed by atoms with Crippen molar-refractivity contribution in [3.63, 3.8) is 0 Å². The number of nitro groups is 1. The highest BCUT2D eigenvalue weighted by molar-refractivity contribution is 5.93. The van der Waals surface area contributed by atoms with Crippen LogP contribution >= 0.6 is 0 Å². The summed E-state index contributed by atoms with van der Waals surface area (Å²) in [5.41, 5.74) is 1.15. The van der Waals surface area contributed by atoms with Gasteiger partial charge in [-0.25, -0.2) is 0 Å². The Morgan fingerprint density at radius 1 is 1.08 bits per heavy atom. The Hall–Kier alpha value is -3.22. The third-order valence-electron chi connectivity index (χ3n) is 3.17. The molecule has 0 radical (unpaired) electrons. The zero-order valence-electron chi connectivity index (χ0n) is 12.8. The number of hydrogen-bond acceptors (Lipinski definition) is 5. The molecule has 124 valence electrons. The van der Waals surface area contributed by atoms with E-state index < -0.39 is 23.4 Å². The summed E-state index contributed by atoms with van der Waals surface area (Å²) < 4.78 is 4.89. The number of non-ortho nitro benzene ring substituents is 1. The predicted molar refractivity (Wildman–Crippen MR) is 87.4 cm³/mol. The van der Waals surface area contributed by atoms with Gasteiger partial charge in [0.2, 0.25) is 0 Å². The molecular formula is C17H16N2O5. The molecule has 2 rings (SSSR count). The first-order valence-electron chi connectivity index (χ1n) is 7.28. The molecule has 0 saturated carbocycles. The largest absolute Gasteiger partial charge is 0.456 e. The van der Waals surface area contributed by atoms with Crippen LogP contribution in [0.25, 0.3) is 0 Å². The Labute approximate surface area is 138 Å². The Morgan fingerprint density at radius 3 is 2.54 bits per heavy atom. The van der Waals surface area contributed by atoms with Crippen molar-refractivity contribution in [3.8, 4) is 0 Å². The van der Waals surface area contributed by atoms with Crippen LogP contribution in [-0.2, 0) is 20.7 Å². The van der Waals surface area contributed by atoms with Gasteiger partial charge in [0.15, 0.2) is 6.61 Å². The van der Waals surface area contributed by atoms with E-state index in [4.69, 9.17) is 4.74 Å². The number of carbonyl (C=O) groups is 2. The van der Waals surface area contributed by atoms with Crippen LogP contribution in [0, 0.1) is 10.1 Å². The Bertz CT molecular complexity index is 731. The molecule has 0 unspecified atom stereocenters. The third-order valence-corrected chi connectivity index (χ3v) is 3.17. The van der Waals surface area contributed by atoms with Crippen LogP contribution in [0.2, 0.25) is 0 Å². The van der Waals surface area contributed by atoms with Crippen molar-refractivity contribution in [1.82, 2.24) is 0 Å². The van der Waals surface area contributed by atoms with Crippen molar-refractivity contribution in [2.45, 2.75) is 12.8 Å². The molecule has 0 heterocycles. The highest BCUT2D eigenvalue weighted by Crippen LogP contribution is 2.16. The molecule has 0 atom stereocenters. The van der Waals surface area contributed by atoms with Gasteiger partial charge in [0.1, 0.15) is 0 Å². The van der Waals surface area contributed by atoms with Gasteiger partial charge < -0.3 is 10.1 Å². The molecule has 0 saturated heterocycles. The van der Waals surface area contributed by atoms with Crippen LogP contribution in [0.1, 0.15) is 12.0 Å². The van der Waals surface area contributed by atoms with Crippen molar-refractivity contribution in [3.05, 3.63) is 70.3 Å². The van der Waals surface area contributed by atoms with Gasteiger partial charge in [-0.15, -0.1) is 0 Å². The highest BCUT2D eigenvalue weighted by atomic mass is 16.6. The fraction of sp³-hybridized carbons (Fsp3) is 0.176. The van der Waals surface area contributed by atoms with E-state index in [0.717, 1.165) is 5.56 Å². The standard InChI is InChI=1S/C17H16N2O5/c20-16(18-14-7-4-8-15(11-14)19(22)23)12-24-17(21)10-9-13-5-2-1-3-6-13/h1-8,11H,9-10,12H2,(H,18,20). The number of carbonyl (C=O) groups excluding carboxylic acids is 2. The Morgan fingerprint density at radius 2 is 1.83 bits per heavy atom. The summed E-state index contributed by atoms with van der Waals surface area (Å²) in [6.07, 6.45) is 0.709. The number of anilines is 1. The lowest BCUT2D eigenvalue weighted by Gasteiger charge is -2.06. The minimum absolute atomic E-state index is 0.132. The van der Waals surface area contributed by atoms with E-state index in [1.165, 1.54) is 24.3 Å². The topological polar surface area (TPSA) is 98.5 Å². The van der Waals surface area contributed by atoms with Crippen LogP contribution in [0.15, 0.2) is 54.6 Å². The van der Waals surface area contributed by atoms with Crippen LogP contribution in [-0.4, -0.2) is 23.4 Å². The first-order valence-corrected chi connectivity index (χ1v) is 7.28. The maximum atomic E-state index is 11.7. The highest BCUT2D eigenvalue weighted by Gasteiger charge is 2.10. The number of nitrogens with one attached hydrogen (secondary N) is 1. The molecule has 7 heteroatoms. The number of ether oxygens (including phenoxy) is 1. The number of aryl methyl sites for hydroxylation is 1. The zero-order chi connectivity index (χ0) is 17.4. The first kappa shape index (κ1) is 17.1. The van der Waals surface area contributed by atoms with Gasteiger partial charge in [-0.2, -0.15) is 0 Å². The molecule has 0 spiro atoms. The molecule has 0 fully saturated rings. The average molecular weight is 328 g/mol. The lowest BCUT2D eigenvalue weighted by atomic mass is 10.1. The molecule has 2 aromatic rings. The molecule has 7 nitrogen and oxygen atoms in total. The summed E-state index contributed by atoms with van der Waals surface area (Å²) in [5, 5.41) is 13.1. The number of nitro benzene ring substituents is 1.